The molecule has 0 heterocycles. The molecule has 0 bridgehead atoms. The average Bonchev–Trinajstić information content (AvgIpc) is 2.81. The molecule has 0 fully saturated rings. The van der Waals surface area contributed by atoms with Gasteiger partial charge in [-0.05, 0) is 49.4 Å². The van der Waals surface area contributed by atoms with Gasteiger partial charge in [-0.2, -0.15) is 0 Å². The van der Waals surface area contributed by atoms with Crippen LogP contribution in [0.1, 0.15) is 48.3 Å². The second-order valence-electron chi connectivity index (χ2n) is 8.16. The zero-order chi connectivity index (χ0) is 23.1. The van der Waals surface area contributed by atoms with Crippen molar-refractivity contribution in [2.24, 2.45) is 5.92 Å². The van der Waals surface area contributed by atoms with Crippen molar-refractivity contribution in [3.63, 3.8) is 0 Å². The van der Waals surface area contributed by atoms with Crippen LogP contribution in [-0.4, -0.2) is 5.66 Å². The molecule has 32 heavy (non-hydrogen) atoms. The van der Waals surface area contributed by atoms with Gasteiger partial charge in [0.1, 0.15) is 12.0 Å². The third kappa shape index (κ3) is 4.99. The molecule has 0 spiro atoms. The molecule has 2 aromatic rings. The van der Waals surface area contributed by atoms with Gasteiger partial charge in [-0.1, -0.05) is 83.4 Å². The highest BCUT2D eigenvalue weighted by atomic mass is 35.5. The van der Waals surface area contributed by atoms with Gasteiger partial charge in [-0.3, -0.25) is 0 Å². The average molecular weight is 461 g/mol. The van der Waals surface area contributed by atoms with Gasteiger partial charge in [-0.25, -0.2) is 22.8 Å². The van der Waals surface area contributed by atoms with Crippen LogP contribution in [0.3, 0.4) is 0 Å². The van der Waals surface area contributed by atoms with Gasteiger partial charge in [-0.15, -0.1) is 6.58 Å². The number of rotatable bonds is 7. The second-order valence-corrected chi connectivity index (χ2v) is 8.98. The molecular weight excluding hydrogens is 435 g/mol. The molecule has 0 aliphatic heterocycles. The van der Waals surface area contributed by atoms with E-state index in [2.05, 4.69) is 65.7 Å². The summed E-state index contributed by atoms with van der Waals surface area (Å²) in [6.07, 6.45) is 11.0. The van der Waals surface area contributed by atoms with Crippen molar-refractivity contribution in [2.75, 3.05) is 0 Å². The standard InChI is InChI=1S/C28H26Cl2N2/c1-5-19-28(31-3,32-4)24-10-7-6-9-22(24)23(27-25(29)11-8-12-26(27)30)18-17-21-15-13-20(2)14-16-21/h5,8,10-18,22-23H,1,6-7,9,19H2,2H3/b18-17+/t22-,23+/m0/s1. The van der Waals surface area contributed by atoms with E-state index in [-0.39, 0.29) is 11.8 Å². The van der Waals surface area contributed by atoms with Crippen LogP contribution in [0.2, 0.25) is 10.0 Å². The number of benzene rings is 2. The molecule has 3 rings (SSSR count). The first-order valence-corrected chi connectivity index (χ1v) is 11.5. The maximum atomic E-state index is 7.88. The van der Waals surface area contributed by atoms with Crippen LogP contribution in [0.25, 0.3) is 15.8 Å². The molecule has 0 unspecified atom stereocenters. The maximum Gasteiger partial charge on any atom is 0.509 e. The number of hydrogen-bond donors (Lipinski definition) is 0. The van der Waals surface area contributed by atoms with Crippen LogP contribution in [0, 0.1) is 26.0 Å². The summed E-state index contributed by atoms with van der Waals surface area (Å²) in [5.41, 5.74) is 2.73. The van der Waals surface area contributed by atoms with Crippen LogP contribution in [0.4, 0.5) is 0 Å². The molecule has 4 heteroatoms. The van der Waals surface area contributed by atoms with Crippen LogP contribution in [0.5, 0.6) is 0 Å². The quantitative estimate of drug-likeness (QED) is 0.287. The molecule has 2 nitrogen and oxygen atoms in total. The molecule has 0 radical (unpaired) electrons. The number of hydrogen-bond acceptors (Lipinski definition) is 0. The highest BCUT2D eigenvalue weighted by Gasteiger charge is 2.52. The summed E-state index contributed by atoms with van der Waals surface area (Å²) < 4.78 is 0. The van der Waals surface area contributed by atoms with E-state index in [0.717, 1.165) is 36.0 Å². The highest BCUT2D eigenvalue weighted by molar-refractivity contribution is 6.36. The first kappa shape index (κ1) is 23.9. The van der Waals surface area contributed by atoms with Crippen molar-refractivity contribution in [1.82, 2.24) is 0 Å². The summed E-state index contributed by atoms with van der Waals surface area (Å²) in [5, 5.41) is 1.20. The Morgan fingerprint density at radius 3 is 2.38 bits per heavy atom. The van der Waals surface area contributed by atoms with Crippen LogP contribution in [-0.2, 0) is 0 Å². The van der Waals surface area contributed by atoms with E-state index in [4.69, 9.17) is 36.3 Å². The minimum atomic E-state index is -1.27. The lowest BCUT2D eigenvalue weighted by Crippen LogP contribution is -2.32. The Balaban J connectivity index is 2.15. The molecule has 0 saturated heterocycles. The Labute approximate surface area is 201 Å². The third-order valence-corrected chi connectivity index (χ3v) is 6.74. The van der Waals surface area contributed by atoms with Gasteiger partial charge in [0.25, 0.3) is 0 Å². The Morgan fingerprint density at radius 2 is 1.78 bits per heavy atom. The van der Waals surface area contributed by atoms with Crippen molar-refractivity contribution >= 4 is 29.3 Å². The Morgan fingerprint density at radius 1 is 1.12 bits per heavy atom. The lowest BCUT2D eigenvalue weighted by molar-refractivity contribution is 0.429. The monoisotopic (exact) mass is 460 g/mol. The molecule has 1 aliphatic rings. The van der Waals surface area contributed by atoms with Crippen molar-refractivity contribution in [3.8, 4) is 0 Å². The largest absolute Gasteiger partial charge is 0.509 e. The fourth-order valence-electron chi connectivity index (χ4n) is 4.45. The van der Waals surface area contributed by atoms with E-state index in [0.29, 0.717) is 16.5 Å². The molecule has 0 aromatic heterocycles. The summed E-state index contributed by atoms with van der Waals surface area (Å²) >= 11 is 13.3. The molecule has 0 N–H and O–H groups in total. The number of aryl methyl sites for hydroxylation is 1. The van der Waals surface area contributed by atoms with Crippen LogP contribution in [0.15, 0.2) is 72.8 Å². The second kappa shape index (κ2) is 10.7. The third-order valence-electron chi connectivity index (χ3n) is 6.08. The van der Waals surface area contributed by atoms with Gasteiger partial charge in [0.05, 0.1) is 0 Å². The molecule has 2 atom stereocenters. The highest BCUT2D eigenvalue weighted by Crippen LogP contribution is 2.48. The van der Waals surface area contributed by atoms with Crippen molar-refractivity contribution in [1.29, 1.82) is 0 Å². The van der Waals surface area contributed by atoms with Crippen molar-refractivity contribution in [3.05, 3.63) is 122 Å². The van der Waals surface area contributed by atoms with E-state index >= 15 is 0 Å². The van der Waals surface area contributed by atoms with E-state index in [1.807, 2.05) is 18.2 Å². The minimum absolute atomic E-state index is 0.0500. The van der Waals surface area contributed by atoms with Crippen molar-refractivity contribution in [2.45, 2.75) is 44.2 Å². The van der Waals surface area contributed by atoms with E-state index in [9.17, 15) is 0 Å². The summed E-state index contributed by atoms with van der Waals surface area (Å²) in [6, 6.07) is 13.9. The Kier molecular flexibility index (Phi) is 7.98. The fraction of sp³-hybridized carbons (Fsp3) is 0.286. The van der Waals surface area contributed by atoms with Gasteiger partial charge in [0.2, 0.25) is 0 Å². The normalized spacial score (nSPS) is 17.3. The molecule has 1 aliphatic carbocycles. The van der Waals surface area contributed by atoms with Gasteiger partial charge >= 0.3 is 5.66 Å². The number of nitrogens with zero attached hydrogens (tertiary/aromatic N) is 2. The van der Waals surface area contributed by atoms with Crippen LogP contribution < -0.4 is 0 Å². The maximum absolute atomic E-state index is 7.88. The number of halogens is 2. The lowest BCUT2D eigenvalue weighted by atomic mass is 9.70. The van der Waals surface area contributed by atoms with E-state index in [1.165, 1.54) is 5.56 Å². The molecular formula is C28H26Cl2N2. The molecule has 2 aromatic carbocycles. The first-order valence-electron chi connectivity index (χ1n) is 10.7. The van der Waals surface area contributed by atoms with E-state index < -0.39 is 5.66 Å². The molecule has 0 amide bonds. The van der Waals surface area contributed by atoms with Gasteiger partial charge in [0.15, 0.2) is 0 Å². The fourth-order valence-corrected chi connectivity index (χ4v) is 5.10. The zero-order valence-electron chi connectivity index (χ0n) is 18.2. The minimum Gasteiger partial charge on any atom is -0.226 e. The van der Waals surface area contributed by atoms with Gasteiger partial charge < -0.3 is 0 Å². The number of allylic oxidation sites excluding steroid dienone is 2. The lowest BCUT2D eigenvalue weighted by Gasteiger charge is -2.32. The first-order chi connectivity index (χ1) is 15.5. The summed E-state index contributed by atoms with van der Waals surface area (Å²) in [5.74, 6) is -0.206. The Bertz CT molecular complexity index is 1080. The summed E-state index contributed by atoms with van der Waals surface area (Å²) in [4.78, 5) is 7.63. The van der Waals surface area contributed by atoms with E-state index in [1.54, 1.807) is 6.08 Å². The zero-order valence-corrected chi connectivity index (χ0v) is 19.7. The predicted octanol–water partition coefficient (Wildman–Crippen LogP) is 8.94. The smallest absolute Gasteiger partial charge is 0.226 e. The van der Waals surface area contributed by atoms with Crippen molar-refractivity contribution < 1.29 is 0 Å². The summed E-state index contributed by atoms with van der Waals surface area (Å²) in [7, 11) is 0. The van der Waals surface area contributed by atoms with Gasteiger partial charge in [0, 0.05) is 21.9 Å². The molecule has 162 valence electrons. The molecule has 0 saturated carbocycles. The predicted molar refractivity (Wildman–Crippen MR) is 136 cm³/mol. The Hall–Kier alpha value is -2.78. The SMILES string of the molecule is [C-]#[N+]C(CC=C)([N+]#[C-])C1=CCCC[C@H]1[C@@H](/C=C/c1ccc(C)cc1)c1c(Cl)cccc1Cl. The summed E-state index contributed by atoms with van der Waals surface area (Å²) in [6.45, 7) is 21.6. The topological polar surface area (TPSA) is 8.72 Å². The van der Waals surface area contributed by atoms with Crippen LogP contribution >= 0.6 is 23.2 Å².